The molecule has 0 spiro atoms. The van der Waals surface area contributed by atoms with Gasteiger partial charge >= 0.3 is 0 Å². The lowest BCUT2D eigenvalue weighted by Crippen LogP contribution is -2.14. The van der Waals surface area contributed by atoms with Crippen LogP contribution in [0.1, 0.15) is 31.7 Å². The molecule has 2 nitrogen and oxygen atoms in total. The lowest BCUT2D eigenvalue weighted by molar-refractivity contribution is 0.521. The van der Waals surface area contributed by atoms with Gasteiger partial charge < -0.3 is 11.1 Å². The number of rotatable bonds is 4. The minimum Gasteiger partial charge on any atom is -0.398 e. The Morgan fingerprint density at radius 1 is 1.44 bits per heavy atom. The fourth-order valence-electron chi connectivity index (χ4n) is 1.95. The molecule has 1 aliphatic carbocycles. The zero-order valence-corrected chi connectivity index (χ0v) is 11.5. The Morgan fingerprint density at radius 2 is 2.12 bits per heavy atom. The molecule has 1 aromatic rings. The molecule has 0 heterocycles. The molecule has 1 fully saturated rings. The van der Waals surface area contributed by atoms with Crippen LogP contribution in [0.5, 0.6) is 0 Å². The van der Waals surface area contributed by atoms with Crippen molar-refractivity contribution in [2.24, 2.45) is 5.41 Å². The summed E-state index contributed by atoms with van der Waals surface area (Å²) in [5.41, 5.74) is 9.55. The summed E-state index contributed by atoms with van der Waals surface area (Å²) in [6.07, 6.45) is 4.00. The third-order valence-electron chi connectivity index (χ3n) is 3.72. The first-order chi connectivity index (χ1) is 7.56. The van der Waals surface area contributed by atoms with Crippen molar-refractivity contribution < 1.29 is 0 Å². The van der Waals surface area contributed by atoms with E-state index in [1.807, 2.05) is 13.0 Å². The zero-order valence-electron chi connectivity index (χ0n) is 9.94. The van der Waals surface area contributed by atoms with Crippen LogP contribution in [0.4, 0.5) is 11.4 Å². The van der Waals surface area contributed by atoms with Crippen LogP contribution in [-0.4, -0.2) is 6.54 Å². The number of hydrogen-bond donors (Lipinski definition) is 2. The van der Waals surface area contributed by atoms with E-state index >= 15 is 0 Å². The third kappa shape index (κ3) is 2.34. The Morgan fingerprint density at radius 3 is 2.69 bits per heavy atom. The van der Waals surface area contributed by atoms with E-state index < -0.39 is 0 Å². The molecule has 3 heteroatoms. The fraction of sp³-hybridized carbons (Fsp3) is 0.538. The second kappa shape index (κ2) is 4.28. The number of nitrogen functional groups attached to an aromatic ring is 1. The Kier molecular flexibility index (Phi) is 3.15. The van der Waals surface area contributed by atoms with Gasteiger partial charge in [0.05, 0.1) is 0 Å². The second-order valence-electron chi connectivity index (χ2n) is 4.90. The molecule has 1 saturated carbocycles. The molecule has 16 heavy (non-hydrogen) atoms. The van der Waals surface area contributed by atoms with E-state index in [0.717, 1.165) is 28.0 Å². The molecule has 0 bridgehead atoms. The van der Waals surface area contributed by atoms with Crippen LogP contribution in [-0.2, 0) is 0 Å². The Labute approximate surface area is 106 Å². The van der Waals surface area contributed by atoms with Crippen LogP contribution < -0.4 is 11.1 Å². The summed E-state index contributed by atoms with van der Waals surface area (Å²) in [7, 11) is 0. The molecule has 0 radical (unpaired) electrons. The monoisotopic (exact) mass is 282 g/mol. The molecule has 3 N–H and O–H groups in total. The molecule has 1 aliphatic rings. The first kappa shape index (κ1) is 11.8. The average Bonchev–Trinajstić information content (AvgIpc) is 3.02. The maximum atomic E-state index is 5.85. The van der Waals surface area contributed by atoms with E-state index in [1.54, 1.807) is 0 Å². The van der Waals surface area contributed by atoms with Crippen molar-refractivity contribution in [1.82, 2.24) is 0 Å². The highest BCUT2D eigenvalue weighted by atomic mass is 79.9. The molecule has 88 valence electrons. The molecule has 0 aliphatic heterocycles. The van der Waals surface area contributed by atoms with Crippen molar-refractivity contribution >= 4 is 27.3 Å². The summed E-state index contributed by atoms with van der Waals surface area (Å²) in [6, 6.07) is 4.09. The zero-order chi connectivity index (χ0) is 11.8. The SMILES string of the molecule is CCC1(CNc2cc(C)c(N)cc2Br)CC1. The number of benzene rings is 1. The number of anilines is 2. The molecule has 0 saturated heterocycles. The Balaban J connectivity index is 2.07. The summed E-state index contributed by atoms with van der Waals surface area (Å²) in [6.45, 7) is 5.39. The van der Waals surface area contributed by atoms with Gasteiger partial charge in [0.25, 0.3) is 0 Å². The van der Waals surface area contributed by atoms with Gasteiger partial charge in [-0.2, -0.15) is 0 Å². The van der Waals surface area contributed by atoms with Crippen molar-refractivity contribution in [3.63, 3.8) is 0 Å². The molecule has 0 amide bonds. The van der Waals surface area contributed by atoms with Crippen molar-refractivity contribution in [3.05, 3.63) is 22.2 Å². The van der Waals surface area contributed by atoms with Crippen molar-refractivity contribution in [1.29, 1.82) is 0 Å². The predicted molar refractivity (Wildman–Crippen MR) is 73.7 cm³/mol. The molecule has 0 unspecified atom stereocenters. The topological polar surface area (TPSA) is 38.0 Å². The van der Waals surface area contributed by atoms with Crippen LogP contribution in [0.2, 0.25) is 0 Å². The Hall–Kier alpha value is -0.700. The van der Waals surface area contributed by atoms with Gasteiger partial charge in [-0.05, 0) is 65.2 Å². The molecule has 1 aromatic carbocycles. The normalized spacial score (nSPS) is 17.2. The van der Waals surface area contributed by atoms with Gasteiger partial charge in [-0.3, -0.25) is 0 Å². The van der Waals surface area contributed by atoms with Gasteiger partial charge in [0.1, 0.15) is 0 Å². The number of aryl methyl sites for hydroxylation is 1. The smallest absolute Gasteiger partial charge is 0.0489 e. The standard InChI is InChI=1S/C13H19BrN2/c1-3-13(4-5-13)8-16-12-6-9(2)11(15)7-10(12)14/h6-7,16H,3-5,8,15H2,1-2H3. The maximum absolute atomic E-state index is 5.85. The third-order valence-corrected chi connectivity index (χ3v) is 4.37. The van der Waals surface area contributed by atoms with Gasteiger partial charge in [0.15, 0.2) is 0 Å². The minimum absolute atomic E-state index is 0.564. The summed E-state index contributed by atoms with van der Waals surface area (Å²) >= 11 is 3.55. The van der Waals surface area contributed by atoms with Crippen molar-refractivity contribution in [2.45, 2.75) is 33.1 Å². The van der Waals surface area contributed by atoms with E-state index in [2.05, 4.69) is 34.2 Å². The van der Waals surface area contributed by atoms with Crippen molar-refractivity contribution in [2.75, 3.05) is 17.6 Å². The van der Waals surface area contributed by atoms with Crippen LogP contribution in [0.15, 0.2) is 16.6 Å². The van der Waals surface area contributed by atoms with E-state index in [1.165, 1.54) is 19.3 Å². The van der Waals surface area contributed by atoms with Gasteiger partial charge in [-0.15, -0.1) is 0 Å². The van der Waals surface area contributed by atoms with Gasteiger partial charge in [-0.1, -0.05) is 6.92 Å². The summed E-state index contributed by atoms with van der Waals surface area (Å²) in [5, 5.41) is 3.53. The molecule has 2 rings (SSSR count). The first-order valence-electron chi connectivity index (χ1n) is 5.86. The molecule has 0 aromatic heterocycles. The number of hydrogen-bond acceptors (Lipinski definition) is 2. The van der Waals surface area contributed by atoms with Crippen LogP contribution in [0, 0.1) is 12.3 Å². The van der Waals surface area contributed by atoms with E-state index in [0.29, 0.717) is 5.41 Å². The van der Waals surface area contributed by atoms with Crippen LogP contribution in [0.25, 0.3) is 0 Å². The highest BCUT2D eigenvalue weighted by Gasteiger charge is 2.40. The maximum Gasteiger partial charge on any atom is 0.0489 e. The number of halogens is 1. The second-order valence-corrected chi connectivity index (χ2v) is 5.75. The van der Waals surface area contributed by atoms with E-state index in [9.17, 15) is 0 Å². The van der Waals surface area contributed by atoms with Crippen molar-refractivity contribution in [3.8, 4) is 0 Å². The Bertz CT molecular complexity index is 397. The lowest BCUT2D eigenvalue weighted by atomic mass is 10.0. The summed E-state index contributed by atoms with van der Waals surface area (Å²) < 4.78 is 1.06. The van der Waals surface area contributed by atoms with E-state index in [4.69, 9.17) is 5.73 Å². The quantitative estimate of drug-likeness (QED) is 0.821. The van der Waals surface area contributed by atoms with Crippen LogP contribution >= 0.6 is 15.9 Å². The summed E-state index contributed by atoms with van der Waals surface area (Å²) in [4.78, 5) is 0. The van der Waals surface area contributed by atoms with Gasteiger partial charge in [0.2, 0.25) is 0 Å². The average molecular weight is 283 g/mol. The largest absolute Gasteiger partial charge is 0.398 e. The highest BCUT2D eigenvalue weighted by molar-refractivity contribution is 9.10. The molecular weight excluding hydrogens is 264 g/mol. The van der Waals surface area contributed by atoms with Gasteiger partial charge in [0, 0.05) is 22.4 Å². The number of nitrogens with two attached hydrogens (primary N) is 1. The molecular formula is C13H19BrN2. The predicted octanol–water partition coefficient (Wildman–Crippen LogP) is 3.94. The fourth-order valence-corrected chi connectivity index (χ4v) is 2.45. The highest BCUT2D eigenvalue weighted by Crippen LogP contribution is 2.48. The van der Waals surface area contributed by atoms with Gasteiger partial charge in [-0.25, -0.2) is 0 Å². The number of nitrogens with one attached hydrogen (secondary N) is 1. The lowest BCUT2D eigenvalue weighted by Gasteiger charge is -2.16. The minimum atomic E-state index is 0.564. The van der Waals surface area contributed by atoms with E-state index in [-0.39, 0.29) is 0 Å². The van der Waals surface area contributed by atoms with Crippen LogP contribution in [0.3, 0.4) is 0 Å². The first-order valence-corrected chi connectivity index (χ1v) is 6.65. The summed E-state index contributed by atoms with van der Waals surface area (Å²) in [5.74, 6) is 0. The molecule has 0 atom stereocenters.